The fourth-order valence-corrected chi connectivity index (χ4v) is 2.58. The van der Waals surface area contributed by atoms with Gasteiger partial charge in [0.2, 0.25) is 0 Å². The monoisotopic (exact) mass is 387 g/mol. The molecule has 0 unspecified atom stereocenters. The Balaban J connectivity index is 0.00000392. The van der Waals surface area contributed by atoms with Crippen molar-refractivity contribution in [1.82, 2.24) is 4.90 Å². The Hall–Kier alpha value is -1.94. The van der Waals surface area contributed by atoms with Crippen LogP contribution in [-0.2, 0) is 11.0 Å². The first kappa shape index (κ1) is 24.1. The van der Waals surface area contributed by atoms with E-state index in [2.05, 4.69) is 0 Å². The number of nitrogens with zero attached hydrogens (tertiary/aromatic N) is 1. The van der Waals surface area contributed by atoms with Gasteiger partial charge in [-0.05, 0) is 43.3 Å². The van der Waals surface area contributed by atoms with E-state index in [1.165, 1.54) is 12.1 Å². The van der Waals surface area contributed by atoms with Crippen LogP contribution in [0, 0.1) is 0 Å². The Morgan fingerprint density at radius 3 is 2.21 bits per heavy atom. The molecule has 1 atom stereocenters. The predicted molar refractivity (Wildman–Crippen MR) is 93.0 cm³/mol. The van der Waals surface area contributed by atoms with Crippen LogP contribution < -0.4 is 28.7 Å². The maximum absolute atomic E-state index is 12.7. The van der Waals surface area contributed by atoms with Crippen molar-refractivity contribution in [3.8, 4) is 5.75 Å². The quantitative estimate of drug-likeness (QED) is 0.581. The van der Waals surface area contributed by atoms with Gasteiger partial charge >= 0.3 is 25.0 Å². The van der Waals surface area contributed by atoms with Crippen molar-refractivity contribution in [2.75, 3.05) is 20.1 Å². The third-order valence-corrected chi connectivity index (χ3v) is 4.10. The van der Waals surface area contributed by atoms with Gasteiger partial charge in [-0.15, -0.1) is 0 Å². The molecular weight excluding hydrogens is 366 g/mol. The maximum atomic E-state index is 12.7. The summed E-state index contributed by atoms with van der Waals surface area (Å²) < 4.78 is 44.0. The van der Waals surface area contributed by atoms with Crippen molar-refractivity contribution < 1.29 is 46.7 Å². The van der Waals surface area contributed by atoms with Crippen LogP contribution in [0.4, 0.5) is 13.2 Å². The zero-order valence-electron chi connectivity index (χ0n) is 15.9. The van der Waals surface area contributed by atoms with E-state index in [-0.39, 0.29) is 31.4 Å². The zero-order chi connectivity index (χ0) is 19.9. The molecule has 0 spiro atoms. The molecule has 28 heavy (non-hydrogen) atoms. The molecule has 0 bridgehead atoms. The molecule has 2 aromatic rings. The van der Waals surface area contributed by atoms with Crippen molar-refractivity contribution in [2.45, 2.75) is 25.1 Å². The summed E-state index contributed by atoms with van der Waals surface area (Å²) in [4.78, 5) is 12.4. The number of carbonyl (C=O) groups is 1. The second-order valence-electron chi connectivity index (χ2n) is 6.25. The average Bonchev–Trinajstić information content (AvgIpc) is 2.63. The van der Waals surface area contributed by atoms with Gasteiger partial charge in [0.1, 0.15) is 11.9 Å². The third-order valence-electron chi connectivity index (χ3n) is 4.10. The third kappa shape index (κ3) is 7.97. The zero-order valence-corrected chi connectivity index (χ0v) is 15.9. The minimum atomic E-state index is -4.39. The van der Waals surface area contributed by atoms with Crippen LogP contribution in [0.5, 0.6) is 5.75 Å². The second-order valence-corrected chi connectivity index (χ2v) is 6.25. The fraction of sp³-hybridized carbons (Fsp3) is 0.350. The van der Waals surface area contributed by atoms with Crippen molar-refractivity contribution in [2.24, 2.45) is 0 Å². The Morgan fingerprint density at radius 2 is 1.68 bits per heavy atom. The Morgan fingerprint density at radius 1 is 1.07 bits per heavy atom. The minimum Gasteiger partial charge on any atom is -0.550 e. The van der Waals surface area contributed by atoms with Crippen LogP contribution in [0.3, 0.4) is 0 Å². The van der Waals surface area contributed by atoms with Gasteiger partial charge in [0, 0.05) is 25.5 Å². The Labute approximate surface area is 174 Å². The van der Waals surface area contributed by atoms with E-state index in [9.17, 15) is 23.1 Å². The normalized spacial score (nSPS) is 12.3. The number of alkyl halides is 3. The van der Waals surface area contributed by atoms with Crippen LogP contribution in [0.15, 0.2) is 54.6 Å². The fourth-order valence-electron chi connectivity index (χ4n) is 2.58. The molecule has 4 nitrogen and oxygen atoms in total. The average molecular weight is 387 g/mol. The topological polar surface area (TPSA) is 52.6 Å². The van der Waals surface area contributed by atoms with Crippen LogP contribution in [-0.4, -0.2) is 31.0 Å². The number of carboxylic acids is 1. The van der Waals surface area contributed by atoms with Gasteiger partial charge in [-0.3, -0.25) is 0 Å². The Bertz CT molecular complexity index is 724. The number of aliphatic carboxylic acids is 1. The first-order valence-corrected chi connectivity index (χ1v) is 8.53. The number of benzene rings is 2. The van der Waals surface area contributed by atoms with Gasteiger partial charge in [0.25, 0.3) is 0 Å². The smallest absolute Gasteiger partial charge is 0.550 e. The number of carboxylic acid groups (broad SMARTS) is 1. The van der Waals surface area contributed by atoms with Gasteiger partial charge in [-0.25, -0.2) is 0 Å². The van der Waals surface area contributed by atoms with Gasteiger partial charge in [-0.1, -0.05) is 30.3 Å². The largest absolute Gasteiger partial charge is 1.00 e. The molecular formula is C20H21F3LiNO3. The SMILES string of the molecule is CN(CCC(=O)[O-])CC[C@@H](Oc1ccc(C(F)(F)F)cc1)c1ccccc1.[Li+]. The van der Waals surface area contributed by atoms with E-state index in [1.54, 1.807) is 7.05 Å². The van der Waals surface area contributed by atoms with Crippen molar-refractivity contribution >= 4 is 5.97 Å². The summed E-state index contributed by atoms with van der Waals surface area (Å²) >= 11 is 0. The number of halogens is 3. The molecule has 0 aliphatic rings. The van der Waals surface area contributed by atoms with E-state index >= 15 is 0 Å². The summed E-state index contributed by atoms with van der Waals surface area (Å²) in [6.07, 6.45) is -4.27. The second kappa shape index (κ2) is 11.2. The first-order valence-electron chi connectivity index (χ1n) is 8.53. The number of carbonyl (C=O) groups excluding carboxylic acids is 1. The predicted octanol–water partition coefficient (Wildman–Crippen LogP) is 0.291. The van der Waals surface area contributed by atoms with Crippen LogP contribution in [0.2, 0.25) is 0 Å². The molecule has 0 saturated heterocycles. The molecule has 2 rings (SSSR count). The molecule has 8 heteroatoms. The summed E-state index contributed by atoms with van der Waals surface area (Å²) in [5, 5.41) is 10.6. The molecule has 0 saturated carbocycles. The summed E-state index contributed by atoms with van der Waals surface area (Å²) in [6, 6.07) is 13.9. The molecule has 0 aromatic heterocycles. The van der Waals surface area contributed by atoms with E-state index in [0.717, 1.165) is 17.7 Å². The standard InChI is InChI=1S/C20H22F3NO3.Li/c1-24(14-12-19(25)26)13-11-18(15-5-3-2-4-6-15)27-17-9-7-16(8-10-17)20(21,22)23;/h2-10,18H,11-14H2,1H3,(H,25,26);/q;+1/p-1/t18-;/m1./s1. The molecule has 0 amide bonds. The van der Waals surface area contributed by atoms with E-state index in [1.807, 2.05) is 35.2 Å². The molecule has 0 heterocycles. The summed E-state index contributed by atoms with van der Waals surface area (Å²) in [7, 11) is 1.79. The van der Waals surface area contributed by atoms with E-state index in [4.69, 9.17) is 4.74 Å². The minimum absolute atomic E-state index is 0. The van der Waals surface area contributed by atoms with Crippen LogP contribution in [0.1, 0.15) is 30.1 Å². The summed E-state index contributed by atoms with van der Waals surface area (Å²) in [5.41, 5.74) is 0.166. The maximum Gasteiger partial charge on any atom is 1.00 e. The van der Waals surface area contributed by atoms with Gasteiger partial charge in [-0.2, -0.15) is 13.2 Å². The van der Waals surface area contributed by atoms with Crippen molar-refractivity contribution in [3.63, 3.8) is 0 Å². The molecule has 0 fully saturated rings. The van der Waals surface area contributed by atoms with Gasteiger partial charge < -0.3 is 19.5 Å². The van der Waals surface area contributed by atoms with Crippen LogP contribution in [0.25, 0.3) is 0 Å². The van der Waals surface area contributed by atoms with Crippen molar-refractivity contribution in [1.29, 1.82) is 0 Å². The number of hydrogen-bond donors (Lipinski definition) is 0. The molecule has 146 valence electrons. The summed E-state index contributed by atoms with van der Waals surface area (Å²) in [5.74, 6) is -0.767. The number of ether oxygens (including phenoxy) is 1. The molecule has 0 radical (unpaired) electrons. The number of rotatable bonds is 9. The number of hydrogen-bond acceptors (Lipinski definition) is 4. The molecule has 0 N–H and O–H groups in total. The van der Waals surface area contributed by atoms with Crippen LogP contribution >= 0.6 is 0 Å². The van der Waals surface area contributed by atoms with Crippen molar-refractivity contribution in [3.05, 3.63) is 65.7 Å². The van der Waals surface area contributed by atoms with E-state index in [0.29, 0.717) is 25.3 Å². The molecule has 2 aromatic carbocycles. The Kier molecular flexibility index (Phi) is 9.60. The molecule has 0 aliphatic carbocycles. The van der Waals surface area contributed by atoms with Gasteiger partial charge in [0.05, 0.1) is 5.56 Å². The summed E-state index contributed by atoms with van der Waals surface area (Å²) in [6.45, 7) is 0.914. The molecule has 0 aliphatic heterocycles. The van der Waals surface area contributed by atoms with E-state index < -0.39 is 17.7 Å². The van der Waals surface area contributed by atoms with Gasteiger partial charge in [0.15, 0.2) is 0 Å². The first-order chi connectivity index (χ1) is 12.8.